The van der Waals surface area contributed by atoms with Crippen molar-refractivity contribution >= 4 is 30.8 Å². The lowest BCUT2D eigenvalue weighted by atomic mass is 9.97. The number of aryl methyl sites for hydroxylation is 2. The highest BCUT2D eigenvalue weighted by Crippen LogP contribution is 2.43. The number of halogens is 4. The largest absolute Gasteiger partial charge is 0.492 e. The molecule has 13 nitrogen and oxygen atoms in total. The molecule has 6 rings (SSSR count). The summed E-state index contributed by atoms with van der Waals surface area (Å²) in [5.41, 5.74) is 3.79. The molecular formula is C32H31F4N6O7P. The van der Waals surface area contributed by atoms with Gasteiger partial charge in [0.1, 0.15) is 5.52 Å². The van der Waals surface area contributed by atoms with E-state index in [0.717, 1.165) is 33.8 Å². The average Bonchev–Trinajstić information content (AvgIpc) is 3.68. The first kappa shape index (κ1) is 35.0. The molecule has 0 atom stereocenters. The molecule has 2 aromatic carbocycles. The lowest BCUT2D eigenvalue weighted by molar-refractivity contribution is -0.138. The number of hydrogen-bond donors (Lipinski definition) is 2. The molecule has 18 heteroatoms. The number of para-hydroxylation sites is 1. The van der Waals surface area contributed by atoms with Crippen molar-refractivity contribution in [2.75, 3.05) is 25.3 Å². The predicted molar refractivity (Wildman–Crippen MR) is 171 cm³/mol. The van der Waals surface area contributed by atoms with Gasteiger partial charge in [-0.1, -0.05) is 32.0 Å². The summed E-state index contributed by atoms with van der Waals surface area (Å²) in [6.45, 7) is 3.37. The number of ether oxygens (including phenoxy) is 2. The molecule has 0 saturated heterocycles. The summed E-state index contributed by atoms with van der Waals surface area (Å²) in [6, 6.07) is 8.68. The van der Waals surface area contributed by atoms with Gasteiger partial charge in [-0.25, -0.2) is 37.5 Å². The first-order valence-corrected chi connectivity index (χ1v) is 16.9. The molecule has 3 aromatic heterocycles. The van der Waals surface area contributed by atoms with Crippen LogP contribution in [0.15, 0.2) is 48.9 Å². The summed E-state index contributed by atoms with van der Waals surface area (Å²) in [5, 5.41) is 5.37. The summed E-state index contributed by atoms with van der Waals surface area (Å²) < 4.78 is 84.1. The summed E-state index contributed by atoms with van der Waals surface area (Å²) in [5.74, 6) is -1.07. The van der Waals surface area contributed by atoms with Crippen LogP contribution < -0.4 is 9.64 Å². The van der Waals surface area contributed by atoms with Gasteiger partial charge in [-0.15, -0.1) is 0 Å². The van der Waals surface area contributed by atoms with Crippen LogP contribution in [0.4, 0.5) is 28.3 Å². The number of fused-ring (bicyclic) bond motifs is 2. The predicted octanol–water partition coefficient (Wildman–Crippen LogP) is 6.19. The fraction of sp³-hybridized carbons (Fsp3) is 0.312. The molecule has 0 bridgehead atoms. The van der Waals surface area contributed by atoms with Crippen LogP contribution in [-0.4, -0.2) is 60.6 Å². The lowest BCUT2D eigenvalue weighted by Crippen LogP contribution is -2.31. The van der Waals surface area contributed by atoms with Gasteiger partial charge in [-0.05, 0) is 36.1 Å². The number of phosphoric acid groups is 1. The minimum Gasteiger partial charge on any atom is -0.492 e. The molecule has 4 heterocycles. The van der Waals surface area contributed by atoms with E-state index < -0.39 is 38.3 Å². The molecule has 264 valence electrons. The molecule has 0 radical (unpaired) electrons. The molecule has 1 aliphatic rings. The van der Waals surface area contributed by atoms with Gasteiger partial charge in [-0.3, -0.25) is 0 Å². The number of phosphoric ester groups is 1. The molecule has 2 N–H and O–H groups in total. The van der Waals surface area contributed by atoms with Gasteiger partial charge in [0.05, 0.1) is 29.7 Å². The van der Waals surface area contributed by atoms with Crippen molar-refractivity contribution in [3.63, 3.8) is 0 Å². The fourth-order valence-electron chi connectivity index (χ4n) is 6.12. The molecule has 50 heavy (non-hydrogen) atoms. The molecular weight excluding hydrogens is 687 g/mol. The van der Waals surface area contributed by atoms with Crippen molar-refractivity contribution in [3.05, 3.63) is 82.7 Å². The standard InChI is InChI=1S/C32H31F4N6O7P/c1-4-18-7-6-8-19(5-2)26(18)42-27(23-16-40(11-10-25(23)39-42)30-37-14-20(15-38-30)32(34,35)36)22-13-24(33)29(47-3)28-21(22)9-12-41(28)31(43)48-17-49-50(44,45)46/h6-9,12-15H,4-5,10-11,16-17H2,1-3H3,(H2,44,45,46). The van der Waals surface area contributed by atoms with Crippen molar-refractivity contribution in [1.29, 1.82) is 0 Å². The maximum Gasteiger partial charge on any atom is 0.472 e. The zero-order valence-electron chi connectivity index (χ0n) is 26.9. The van der Waals surface area contributed by atoms with E-state index in [4.69, 9.17) is 24.4 Å². The van der Waals surface area contributed by atoms with Crippen molar-refractivity contribution < 1.29 is 50.7 Å². The van der Waals surface area contributed by atoms with Gasteiger partial charge in [0.2, 0.25) is 12.7 Å². The number of benzene rings is 2. The first-order valence-electron chi connectivity index (χ1n) is 15.4. The average molecular weight is 719 g/mol. The second-order valence-electron chi connectivity index (χ2n) is 11.3. The van der Waals surface area contributed by atoms with E-state index in [0.29, 0.717) is 53.7 Å². The zero-order chi connectivity index (χ0) is 36.0. The molecule has 0 saturated carbocycles. The van der Waals surface area contributed by atoms with E-state index >= 15 is 4.39 Å². The molecule has 0 amide bonds. The highest BCUT2D eigenvalue weighted by Gasteiger charge is 2.34. The molecule has 5 aromatic rings. The van der Waals surface area contributed by atoms with Crippen LogP contribution >= 0.6 is 7.82 Å². The van der Waals surface area contributed by atoms with Gasteiger partial charge < -0.3 is 24.2 Å². The number of alkyl halides is 3. The smallest absolute Gasteiger partial charge is 0.472 e. The van der Waals surface area contributed by atoms with E-state index in [1.165, 1.54) is 25.4 Å². The van der Waals surface area contributed by atoms with Gasteiger partial charge in [0.25, 0.3) is 0 Å². The Balaban J connectivity index is 1.56. The van der Waals surface area contributed by atoms with Gasteiger partial charge in [-0.2, -0.15) is 18.3 Å². The van der Waals surface area contributed by atoms with Crippen LogP contribution in [0.1, 0.15) is 41.8 Å². The van der Waals surface area contributed by atoms with Crippen LogP contribution in [0.5, 0.6) is 5.75 Å². The Morgan fingerprint density at radius 3 is 2.36 bits per heavy atom. The third-order valence-electron chi connectivity index (χ3n) is 8.40. The van der Waals surface area contributed by atoms with Crippen LogP contribution in [0.2, 0.25) is 0 Å². The second-order valence-corrected chi connectivity index (χ2v) is 12.5. The number of aromatic nitrogens is 5. The van der Waals surface area contributed by atoms with Crippen LogP contribution in [0.25, 0.3) is 27.8 Å². The zero-order valence-corrected chi connectivity index (χ0v) is 27.8. The number of anilines is 1. The molecule has 0 spiro atoms. The number of rotatable bonds is 9. The monoisotopic (exact) mass is 718 g/mol. The van der Waals surface area contributed by atoms with E-state index in [-0.39, 0.29) is 23.8 Å². The summed E-state index contributed by atoms with van der Waals surface area (Å²) in [7, 11) is -3.73. The van der Waals surface area contributed by atoms with Gasteiger partial charge in [0, 0.05) is 54.6 Å². The Morgan fingerprint density at radius 1 is 1.08 bits per heavy atom. The Labute approximate surface area is 282 Å². The minimum absolute atomic E-state index is 0.0385. The highest BCUT2D eigenvalue weighted by atomic mass is 31.2. The Morgan fingerprint density at radius 2 is 1.76 bits per heavy atom. The summed E-state index contributed by atoms with van der Waals surface area (Å²) in [4.78, 5) is 40.7. The van der Waals surface area contributed by atoms with E-state index in [2.05, 4.69) is 14.5 Å². The molecule has 1 aliphatic heterocycles. The maximum atomic E-state index is 16.1. The summed E-state index contributed by atoms with van der Waals surface area (Å²) in [6.07, 6.45) is -1.34. The topological polar surface area (TPSA) is 154 Å². The van der Waals surface area contributed by atoms with Crippen molar-refractivity contribution in [2.45, 2.75) is 45.8 Å². The maximum absolute atomic E-state index is 16.1. The SMILES string of the molecule is CCc1cccc(CC)c1-n1nc2c(c1-c1cc(F)c(OC)c3c1ccn3C(=O)OCOP(=O)(O)O)CN(c1ncc(C(F)(F)F)cn1)CC2. The number of nitrogens with zero attached hydrogens (tertiary/aromatic N) is 6. The van der Waals surface area contributed by atoms with Gasteiger partial charge >= 0.3 is 20.1 Å². The molecule has 0 aliphatic carbocycles. The number of hydrogen-bond acceptors (Lipinski definition) is 9. The van der Waals surface area contributed by atoms with E-state index in [9.17, 15) is 22.5 Å². The fourth-order valence-corrected chi connectivity index (χ4v) is 6.31. The number of carbonyl (C=O) groups is 1. The molecule has 0 fully saturated rings. The first-order chi connectivity index (χ1) is 23.7. The third-order valence-corrected chi connectivity index (χ3v) is 8.84. The Hall–Kier alpha value is -4.83. The normalized spacial score (nSPS) is 13.5. The number of methoxy groups -OCH3 is 1. The summed E-state index contributed by atoms with van der Waals surface area (Å²) >= 11 is 0. The third kappa shape index (κ3) is 6.56. The second kappa shape index (κ2) is 13.5. The number of carbonyl (C=O) groups excluding carboxylic acids is 1. The van der Waals surface area contributed by atoms with Gasteiger partial charge in [0.15, 0.2) is 11.6 Å². The van der Waals surface area contributed by atoms with E-state index in [1.807, 2.05) is 32.0 Å². The van der Waals surface area contributed by atoms with Crippen LogP contribution in [0, 0.1) is 5.82 Å². The quantitative estimate of drug-likeness (QED) is 0.102. The Bertz CT molecular complexity index is 2110. The van der Waals surface area contributed by atoms with E-state index in [1.54, 1.807) is 9.58 Å². The van der Waals surface area contributed by atoms with Crippen molar-refractivity contribution in [2.24, 2.45) is 0 Å². The van der Waals surface area contributed by atoms with Crippen LogP contribution in [-0.2, 0) is 45.8 Å². The Kier molecular flexibility index (Phi) is 9.43. The van der Waals surface area contributed by atoms with Crippen molar-refractivity contribution in [1.82, 2.24) is 24.3 Å². The van der Waals surface area contributed by atoms with Crippen LogP contribution in [0.3, 0.4) is 0 Å². The lowest BCUT2D eigenvalue weighted by Gasteiger charge is -2.27. The minimum atomic E-state index is -4.95. The highest BCUT2D eigenvalue weighted by molar-refractivity contribution is 7.46. The van der Waals surface area contributed by atoms with Crippen molar-refractivity contribution in [3.8, 4) is 22.7 Å². The molecule has 0 unspecified atom stereocenters.